The van der Waals surface area contributed by atoms with Crippen LogP contribution < -0.4 is 4.74 Å². The van der Waals surface area contributed by atoms with Gasteiger partial charge in [0, 0.05) is 12.3 Å². The molecule has 0 fully saturated rings. The van der Waals surface area contributed by atoms with E-state index in [4.69, 9.17) is 9.84 Å². The molecule has 0 unspecified atom stereocenters. The Bertz CT molecular complexity index is 582. The average Bonchev–Trinajstić information content (AvgIpc) is 2.72. The Labute approximate surface area is 107 Å². The van der Waals surface area contributed by atoms with Crippen molar-refractivity contribution in [1.29, 1.82) is 0 Å². The van der Waals surface area contributed by atoms with Crippen molar-refractivity contribution in [1.82, 2.24) is 4.98 Å². The van der Waals surface area contributed by atoms with Gasteiger partial charge in [-0.15, -0.1) is 11.3 Å². The van der Waals surface area contributed by atoms with Crippen LogP contribution in [0.2, 0.25) is 0 Å². The molecule has 0 radical (unpaired) electrons. The summed E-state index contributed by atoms with van der Waals surface area (Å²) in [7, 11) is 0. The van der Waals surface area contributed by atoms with Crippen LogP contribution in [0.5, 0.6) is 5.75 Å². The SMILES string of the molecule is Cc1ncc(COc2cc(F)cc(C(=O)O)c2)s1. The summed E-state index contributed by atoms with van der Waals surface area (Å²) >= 11 is 1.48. The monoisotopic (exact) mass is 267 g/mol. The van der Waals surface area contributed by atoms with Crippen molar-refractivity contribution in [2.24, 2.45) is 0 Å². The molecule has 94 valence electrons. The summed E-state index contributed by atoms with van der Waals surface area (Å²) in [6.45, 7) is 2.12. The van der Waals surface area contributed by atoms with Gasteiger partial charge in [-0.25, -0.2) is 14.2 Å². The van der Waals surface area contributed by atoms with E-state index in [1.54, 1.807) is 6.20 Å². The molecule has 2 rings (SSSR count). The number of carboxylic acids is 1. The molecule has 1 heterocycles. The lowest BCUT2D eigenvalue weighted by molar-refractivity contribution is 0.0695. The number of carbonyl (C=O) groups is 1. The summed E-state index contributed by atoms with van der Waals surface area (Å²) in [4.78, 5) is 15.7. The van der Waals surface area contributed by atoms with Gasteiger partial charge in [0.05, 0.1) is 15.4 Å². The number of benzene rings is 1. The average molecular weight is 267 g/mol. The molecule has 0 spiro atoms. The summed E-state index contributed by atoms with van der Waals surface area (Å²) in [5.41, 5.74) is -0.134. The molecule has 0 aliphatic heterocycles. The van der Waals surface area contributed by atoms with Crippen LogP contribution >= 0.6 is 11.3 Å². The number of hydrogen-bond donors (Lipinski definition) is 1. The molecule has 0 amide bonds. The maximum atomic E-state index is 13.2. The molecule has 0 aliphatic rings. The lowest BCUT2D eigenvalue weighted by Crippen LogP contribution is -2.00. The molecule has 6 heteroatoms. The molecular weight excluding hydrogens is 257 g/mol. The first-order valence-electron chi connectivity index (χ1n) is 5.12. The number of aromatic carboxylic acids is 1. The molecule has 0 atom stereocenters. The number of nitrogens with zero attached hydrogens (tertiary/aromatic N) is 1. The Balaban J connectivity index is 2.11. The third-order valence-corrected chi connectivity index (χ3v) is 3.05. The number of rotatable bonds is 4. The van der Waals surface area contributed by atoms with Crippen LogP contribution in [-0.4, -0.2) is 16.1 Å². The minimum absolute atomic E-state index is 0.134. The first-order valence-corrected chi connectivity index (χ1v) is 5.94. The first kappa shape index (κ1) is 12.5. The quantitative estimate of drug-likeness (QED) is 0.925. The van der Waals surface area contributed by atoms with Gasteiger partial charge in [0.2, 0.25) is 0 Å². The number of halogens is 1. The van der Waals surface area contributed by atoms with Gasteiger partial charge in [-0.05, 0) is 19.1 Å². The van der Waals surface area contributed by atoms with Crippen molar-refractivity contribution in [3.8, 4) is 5.75 Å². The number of ether oxygens (including phenoxy) is 1. The molecule has 0 bridgehead atoms. The van der Waals surface area contributed by atoms with E-state index < -0.39 is 11.8 Å². The normalized spacial score (nSPS) is 10.3. The van der Waals surface area contributed by atoms with E-state index in [1.165, 1.54) is 17.4 Å². The Hall–Kier alpha value is -1.95. The summed E-state index contributed by atoms with van der Waals surface area (Å²) < 4.78 is 18.5. The number of thiazole rings is 1. The van der Waals surface area contributed by atoms with Crippen LogP contribution in [0.25, 0.3) is 0 Å². The van der Waals surface area contributed by atoms with Gasteiger partial charge in [0.15, 0.2) is 0 Å². The van der Waals surface area contributed by atoms with Crippen LogP contribution in [0, 0.1) is 12.7 Å². The predicted octanol–water partition coefficient (Wildman–Crippen LogP) is 2.87. The fourth-order valence-corrected chi connectivity index (χ4v) is 2.10. The van der Waals surface area contributed by atoms with Crippen LogP contribution in [-0.2, 0) is 6.61 Å². The smallest absolute Gasteiger partial charge is 0.335 e. The third-order valence-electron chi connectivity index (χ3n) is 2.17. The van der Waals surface area contributed by atoms with Crippen LogP contribution in [0.3, 0.4) is 0 Å². The second kappa shape index (κ2) is 5.14. The maximum Gasteiger partial charge on any atom is 0.335 e. The summed E-state index contributed by atoms with van der Waals surface area (Å²) in [6.07, 6.45) is 1.68. The van der Waals surface area contributed by atoms with Crippen LogP contribution in [0.4, 0.5) is 4.39 Å². The van der Waals surface area contributed by atoms with Crippen molar-refractivity contribution in [3.63, 3.8) is 0 Å². The molecule has 1 N–H and O–H groups in total. The Morgan fingerprint density at radius 1 is 1.50 bits per heavy atom. The minimum atomic E-state index is -1.19. The highest BCUT2D eigenvalue weighted by Gasteiger charge is 2.08. The highest BCUT2D eigenvalue weighted by atomic mass is 32.1. The lowest BCUT2D eigenvalue weighted by atomic mass is 10.2. The van der Waals surface area contributed by atoms with Crippen LogP contribution in [0.1, 0.15) is 20.2 Å². The zero-order valence-corrected chi connectivity index (χ0v) is 10.3. The van der Waals surface area contributed by atoms with Gasteiger partial charge in [-0.1, -0.05) is 0 Å². The molecule has 0 aliphatic carbocycles. The first-order chi connectivity index (χ1) is 8.54. The molecule has 18 heavy (non-hydrogen) atoms. The minimum Gasteiger partial charge on any atom is -0.488 e. The summed E-state index contributed by atoms with van der Waals surface area (Å²) in [5.74, 6) is -1.63. The van der Waals surface area contributed by atoms with E-state index in [9.17, 15) is 9.18 Å². The standard InChI is InChI=1S/C12H10FNO3S/c1-7-14-5-11(18-7)6-17-10-3-8(12(15)16)2-9(13)4-10/h2-5H,6H2,1H3,(H,15,16). The Morgan fingerprint density at radius 3 is 2.89 bits per heavy atom. The van der Waals surface area contributed by atoms with E-state index >= 15 is 0 Å². The highest BCUT2D eigenvalue weighted by Crippen LogP contribution is 2.19. The summed E-state index contributed by atoms with van der Waals surface area (Å²) in [5, 5.41) is 9.71. The molecule has 1 aromatic heterocycles. The van der Waals surface area contributed by atoms with Crippen molar-refractivity contribution >= 4 is 17.3 Å². The van der Waals surface area contributed by atoms with Crippen molar-refractivity contribution in [2.45, 2.75) is 13.5 Å². The summed E-state index contributed by atoms with van der Waals surface area (Å²) in [6, 6.07) is 3.39. The van der Waals surface area contributed by atoms with Gasteiger partial charge in [-0.2, -0.15) is 0 Å². The third kappa shape index (κ3) is 3.04. The molecule has 4 nitrogen and oxygen atoms in total. The number of carboxylic acid groups (broad SMARTS) is 1. The van der Waals surface area contributed by atoms with E-state index in [0.717, 1.165) is 22.0 Å². The molecule has 2 aromatic rings. The van der Waals surface area contributed by atoms with Gasteiger partial charge >= 0.3 is 5.97 Å². The molecule has 0 saturated heterocycles. The van der Waals surface area contributed by atoms with Crippen LogP contribution in [0.15, 0.2) is 24.4 Å². The van der Waals surface area contributed by atoms with E-state index in [2.05, 4.69) is 4.98 Å². The number of aromatic nitrogens is 1. The van der Waals surface area contributed by atoms with E-state index in [1.807, 2.05) is 6.92 Å². The van der Waals surface area contributed by atoms with Gasteiger partial charge in [-0.3, -0.25) is 0 Å². The number of aryl methyl sites for hydroxylation is 1. The number of hydrogen-bond acceptors (Lipinski definition) is 4. The molecule has 1 aromatic carbocycles. The second-order valence-corrected chi connectivity index (χ2v) is 4.93. The Morgan fingerprint density at radius 2 is 2.28 bits per heavy atom. The second-order valence-electron chi connectivity index (χ2n) is 3.62. The van der Waals surface area contributed by atoms with E-state index in [0.29, 0.717) is 0 Å². The van der Waals surface area contributed by atoms with Crippen molar-refractivity contribution in [3.05, 3.63) is 45.7 Å². The topological polar surface area (TPSA) is 59.4 Å². The van der Waals surface area contributed by atoms with Gasteiger partial charge in [0.25, 0.3) is 0 Å². The Kier molecular flexibility index (Phi) is 3.57. The predicted molar refractivity (Wildman–Crippen MR) is 64.5 cm³/mol. The van der Waals surface area contributed by atoms with E-state index in [-0.39, 0.29) is 17.9 Å². The zero-order chi connectivity index (χ0) is 13.1. The molecule has 0 saturated carbocycles. The maximum absolute atomic E-state index is 13.2. The zero-order valence-electron chi connectivity index (χ0n) is 9.51. The fourth-order valence-electron chi connectivity index (χ4n) is 1.40. The van der Waals surface area contributed by atoms with Crippen molar-refractivity contribution in [2.75, 3.05) is 0 Å². The molecular formula is C12H10FNO3S. The van der Waals surface area contributed by atoms with Crippen molar-refractivity contribution < 1.29 is 19.0 Å². The largest absolute Gasteiger partial charge is 0.488 e. The van der Waals surface area contributed by atoms with Gasteiger partial charge < -0.3 is 9.84 Å². The lowest BCUT2D eigenvalue weighted by Gasteiger charge is -2.05. The highest BCUT2D eigenvalue weighted by molar-refractivity contribution is 7.11. The fraction of sp³-hybridized carbons (Fsp3) is 0.167. The van der Waals surface area contributed by atoms with Gasteiger partial charge in [0.1, 0.15) is 18.2 Å².